The van der Waals surface area contributed by atoms with Gasteiger partial charge >= 0.3 is 5.97 Å². The number of carboxylic acid groups (broad SMARTS) is 1. The highest BCUT2D eigenvalue weighted by molar-refractivity contribution is 7.92. The maximum atomic E-state index is 12.0. The molecule has 1 aliphatic rings. The van der Waals surface area contributed by atoms with Gasteiger partial charge in [0.15, 0.2) is 0 Å². The van der Waals surface area contributed by atoms with Crippen LogP contribution in [-0.2, 0) is 20.2 Å². The highest BCUT2D eigenvalue weighted by Crippen LogP contribution is 2.48. The van der Waals surface area contributed by atoms with E-state index < -0.39 is 21.4 Å². The van der Waals surface area contributed by atoms with Gasteiger partial charge in [-0.2, -0.15) is 0 Å². The fourth-order valence-electron chi connectivity index (χ4n) is 2.39. The number of anilines is 1. The van der Waals surface area contributed by atoms with Gasteiger partial charge < -0.3 is 5.11 Å². The summed E-state index contributed by atoms with van der Waals surface area (Å²) < 4.78 is 26.6. The molecule has 116 valence electrons. The Bertz CT molecular complexity index is 637. The van der Waals surface area contributed by atoms with E-state index in [-0.39, 0.29) is 11.2 Å². The number of carboxylic acids is 1. The molecule has 1 aromatic rings. The molecule has 0 unspecified atom stereocenters. The van der Waals surface area contributed by atoms with Gasteiger partial charge in [-0.1, -0.05) is 32.9 Å². The molecular formula is C15H21NO4S. The van der Waals surface area contributed by atoms with Gasteiger partial charge in [0.25, 0.3) is 0 Å². The third kappa shape index (κ3) is 3.75. The van der Waals surface area contributed by atoms with Gasteiger partial charge in [-0.05, 0) is 36.0 Å². The molecule has 0 radical (unpaired) electrons. The molecular weight excluding hydrogens is 290 g/mol. The number of hydrogen-bond donors (Lipinski definition) is 2. The fourth-order valence-corrected chi connectivity index (χ4v) is 4.10. The van der Waals surface area contributed by atoms with Gasteiger partial charge in [-0.25, -0.2) is 8.42 Å². The number of nitrogens with one attached hydrogen (secondary N) is 1. The SMILES string of the molecule is CC(C)(C)CS(=O)(=O)Nc1ccc(C2(C(=O)O)CC2)cc1. The van der Waals surface area contributed by atoms with E-state index in [1.54, 1.807) is 24.3 Å². The quantitative estimate of drug-likeness (QED) is 0.875. The molecule has 0 spiro atoms. The van der Waals surface area contributed by atoms with E-state index >= 15 is 0 Å². The van der Waals surface area contributed by atoms with E-state index in [1.165, 1.54) is 0 Å². The van der Waals surface area contributed by atoms with Crippen LogP contribution in [0.4, 0.5) is 5.69 Å². The third-order valence-electron chi connectivity index (χ3n) is 3.49. The van der Waals surface area contributed by atoms with E-state index in [0.29, 0.717) is 18.5 Å². The van der Waals surface area contributed by atoms with Crippen molar-refractivity contribution in [3.63, 3.8) is 0 Å². The zero-order chi connectivity index (χ0) is 15.9. The van der Waals surface area contributed by atoms with E-state index in [4.69, 9.17) is 0 Å². The number of sulfonamides is 1. The van der Waals surface area contributed by atoms with Crippen LogP contribution in [0.5, 0.6) is 0 Å². The normalized spacial score (nSPS) is 17.3. The second-order valence-electron chi connectivity index (χ2n) is 6.89. The lowest BCUT2D eigenvalue weighted by Gasteiger charge is -2.19. The number of aliphatic carboxylic acids is 1. The van der Waals surface area contributed by atoms with Gasteiger partial charge in [0.2, 0.25) is 10.0 Å². The standard InChI is InChI=1S/C15H21NO4S/c1-14(2,3)10-21(19,20)16-12-6-4-11(5-7-12)15(8-9-15)13(17)18/h4-7,16H,8-10H2,1-3H3,(H,17,18). The van der Waals surface area contributed by atoms with Crippen LogP contribution in [0.25, 0.3) is 0 Å². The van der Waals surface area contributed by atoms with Crippen LogP contribution in [0.3, 0.4) is 0 Å². The molecule has 0 heterocycles. The van der Waals surface area contributed by atoms with Crippen LogP contribution in [0, 0.1) is 5.41 Å². The summed E-state index contributed by atoms with van der Waals surface area (Å²) in [6.45, 7) is 5.58. The van der Waals surface area contributed by atoms with Crippen molar-refractivity contribution >= 4 is 21.7 Å². The molecule has 5 nitrogen and oxygen atoms in total. The number of benzene rings is 1. The fraction of sp³-hybridized carbons (Fsp3) is 0.533. The monoisotopic (exact) mass is 311 g/mol. The molecule has 0 bridgehead atoms. The van der Waals surface area contributed by atoms with Crippen molar-refractivity contribution in [2.75, 3.05) is 10.5 Å². The smallest absolute Gasteiger partial charge is 0.314 e. The van der Waals surface area contributed by atoms with E-state index in [0.717, 1.165) is 5.56 Å². The Hall–Kier alpha value is -1.56. The molecule has 0 amide bonds. The predicted octanol–water partition coefficient (Wildman–Crippen LogP) is 2.59. The van der Waals surface area contributed by atoms with Gasteiger partial charge in [0, 0.05) is 5.69 Å². The summed E-state index contributed by atoms with van der Waals surface area (Å²) in [5.41, 5.74) is 0.105. The topological polar surface area (TPSA) is 83.5 Å². The molecule has 1 fully saturated rings. The van der Waals surface area contributed by atoms with E-state index in [1.807, 2.05) is 20.8 Å². The molecule has 1 saturated carbocycles. The van der Waals surface area contributed by atoms with Crippen molar-refractivity contribution in [2.45, 2.75) is 39.0 Å². The van der Waals surface area contributed by atoms with Gasteiger partial charge in [-0.3, -0.25) is 9.52 Å². The summed E-state index contributed by atoms with van der Waals surface area (Å²) in [6.07, 6.45) is 1.27. The molecule has 0 saturated heterocycles. The first kappa shape index (κ1) is 15.8. The molecule has 2 N–H and O–H groups in total. The van der Waals surface area contributed by atoms with Crippen LogP contribution in [0.2, 0.25) is 0 Å². The Morgan fingerprint density at radius 2 is 1.76 bits per heavy atom. The number of carbonyl (C=O) groups is 1. The minimum atomic E-state index is -3.41. The first-order valence-corrected chi connectivity index (χ1v) is 8.54. The largest absolute Gasteiger partial charge is 0.481 e. The maximum absolute atomic E-state index is 12.0. The highest BCUT2D eigenvalue weighted by atomic mass is 32.2. The number of hydrogen-bond acceptors (Lipinski definition) is 3. The molecule has 6 heteroatoms. The Balaban J connectivity index is 2.12. The summed E-state index contributed by atoms with van der Waals surface area (Å²) in [6, 6.07) is 6.63. The second-order valence-corrected chi connectivity index (χ2v) is 8.61. The lowest BCUT2D eigenvalue weighted by atomic mass is 9.96. The molecule has 21 heavy (non-hydrogen) atoms. The minimum absolute atomic E-state index is 0.0286. The first-order valence-electron chi connectivity index (χ1n) is 6.89. The maximum Gasteiger partial charge on any atom is 0.314 e. The summed E-state index contributed by atoms with van der Waals surface area (Å²) in [5.74, 6) is -0.788. The predicted molar refractivity (Wildman–Crippen MR) is 81.9 cm³/mol. The Kier molecular flexibility index (Phi) is 3.78. The zero-order valence-electron chi connectivity index (χ0n) is 12.5. The number of rotatable bonds is 5. The average molecular weight is 311 g/mol. The summed E-state index contributed by atoms with van der Waals surface area (Å²) in [4.78, 5) is 11.2. The average Bonchev–Trinajstić information content (AvgIpc) is 3.06. The summed E-state index contributed by atoms with van der Waals surface area (Å²) >= 11 is 0. The Labute approximate surface area is 125 Å². The van der Waals surface area contributed by atoms with E-state index in [2.05, 4.69) is 4.72 Å². The molecule has 1 aliphatic carbocycles. The molecule has 1 aromatic carbocycles. The summed E-state index contributed by atoms with van der Waals surface area (Å²) in [7, 11) is -3.41. The first-order chi connectivity index (χ1) is 9.54. The van der Waals surface area contributed by atoms with Crippen molar-refractivity contribution in [3.8, 4) is 0 Å². The van der Waals surface area contributed by atoms with Crippen LogP contribution in [-0.4, -0.2) is 25.2 Å². The van der Waals surface area contributed by atoms with Crippen LogP contribution < -0.4 is 4.72 Å². The van der Waals surface area contributed by atoms with Gasteiger partial charge in [0.05, 0.1) is 11.2 Å². The zero-order valence-corrected chi connectivity index (χ0v) is 13.3. The van der Waals surface area contributed by atoms with Crippen molar-refractivity contribution in [1.82, 2.24) is 0 Å². The molecule has 0 aliphatic heterocycles. The highest BCUT2D eigenvalue weighted by Gasteiger charge is 2.51. The molecule has 2 rings (SSSR count). The van der Waals surface area contributed by atoms with Crippen molar-refractivity contribution in [2.24, 2.45) is 5.41 Å². The Morgan fingerprint density at radius 3 is 2.14 bits per heavy atom. The van der Waals surface area contributed by atoms with Crippen LogP contribution >= 0.6 is 0 Å². The van der Waals surface area contributed by atoms with Crippen LogP contribution in [0.1, 0.15) is 39.2 Å². The van der Waals surface area contributed by atoms with Crippen LogP contribution in [0.15, 0.2) is 24.3 Å². The lowest BCUT2D eigenvalue weighted by Crippen LogP contribution is -2.26. The van der Waals surface area contributed by atoms with Gasteiger partial charge in [0.1, 0.15) is 0 Å². The second kappa shape index (κ2) is 5.02. The third-order valence-corrected chi connectivity index (χ3v) is 5.29. The van der Waals surface area contributed by atoms with Gasteiger partial charge in [-0.15, -0.1) is 0 Å². The lowest BCUT2D eigenvalue weighted by molar-refractivity contribution is -0.140. The summed E-state index contributed by atoms with van der Waals surface area (Å²) in [5, 5.41) is 9.23. The van der Waals surface area contributed by atoms with Crippen molar-refractivity contribution in [3.05, 3.63) is 29.8 Å². The van der Waals surface area contributed by atoms with Crippen molar-refractivity contribution in [1.29, 1.82) is 0 Å². The van der Waals surface area contributed by atoms with Crippen molar-refractivity contribution < 1.29 is 18.3 Å². The molecule has 0 aromatic heterocycles. The van der Waals surface area contributed by atoms with E-state index in [9.17, 15) is 18.3 Å². The molecule has 0 atom stereocenters. The minimum Gasteiger partial charge on any atom is -0.481 e. The Morgan fingerprint density at radius 1 is 1.24 bits per heavy atom.